The van der Waals surface area contributed by atoms with E-state index in [0.29, 0.717) is 0 Å². The fourth-order valence-corrected chi connectivity index (χ4v) is 0.668. The Balaban J connectivity index is 0. The maximum atomic E-state index is 10.1. The summed E-state index contributed by atoms with van der Waals surface area (Å²) in [5.74, 6) is -1.73. The molecule has 1 radical (unpaired) electrons. The first-order chi connectivity index (χ1) is 5.91. The van der Waals surface area contributed by atoms with Gasteiger partial charge in [-0.2, -0.15) is 0 Å². The molecule has 4 atom stereocenters. The minimum atomic E-state index is -2.20. The van der Waals surface area contributed by atoms with E-state index in [1.807, 2.05) is 0 Å². The zero-order chi connectivity index (χ0) is 10.6. The van der Waals surface area contributed by atoms with Gasteiger partial charge < -0.3 is 30.6 Å². The van der Waals surface area contributed by atoms with Crippen molar-refractivity contribution in [1.82, 2.24) is 0 Å². The molecule has 0 aromatic carbocycles. The zero-order valence-corrected chi connectivity index (χ0v) is 8.17. The second-order valence-corrected chi connectivity index (χ2v) is 2.51. The van der Waals surface area contributed by atoms with Crippen LogP contribution in [0.4, 0.5) is 0 Å². The first kappa shape index (κ1) is 16.2. The van der Waals surface area contributed by atoms with E-state index in [-0.39, 0.29) is 17.1 Å². The van der Waals surface area contributed by atoms with Crippen molar-refractivity contribution in [3.63, 3.8) is 0 Å². The zero-order valence-electron chi connectivity index (χ0n) is 6.99. The number of aliphatic carboxylic acids is 1. The van der Waals surface area contributed by atoms with Crippen LogP contribution in [0, 0.1) is 0 Å². The average Bonchev–Trinajstić information content (AvgIpc) is 2.12. The van der Waals surface area contributed by atoms with E-state index in [1.54, 1.807) is 0 Å². The molecule has 0 bridgehead atoms. The van der Waals surface area contributed by atoms with Crippen molar-refractivity contribution in [2.24, 2.45) is 0 Å². The molecule has 0 unspecified atom stereocenters. The van der Waals surface area contributed by atoms with Crippen LogP contribution in [0.25, 0.3) is 0 Å². The molecule has 0 rings (SSSR count). The molecule has 0 aliphatic rings. The van der Waals surface area contributed by atoms with Crippen LogP contribution in [-0.2, 0) is 21.9 Å². The Morgan fingerprint density at radius 2 is 1.50 bits per heavy atom. The van der Waals surface area contributed by atoms with Crippen LogP contribution >= 0.6 is 0 Å². The summed E-state index contributed by atoms with van der Waals surface area (Å²) in [7, 11) is 0. The summed E-state index contributed by atoms with van der Waals surface area (Å²) >= 11 is 0. The molecule has 8 heteroatoms. The van der Waals surface area contributed by atoms with E-state index in [9.17, 15) is 4.79 Å². The number of hydrogen-bond acceptors (Lipinski definition) is 6. The van der Waals surface area contributed by atoms with E-state index in [4.69, 9.17) is 30.6 Å². The summed E-state index contributed by atoms with van der Waals surface area (Å²) < 4.78 is 0. The third kappa shape index (κ3) is 4.34. The molecule has 0 heterocycles. The van der Waals surface area contributed by atoms with Gasteiger partial charge in [0, 0.05) is 17.1 Å². The van der Waals surface area contributed by atoms with Gasteiger partial charge >= 0.3 is 5.97 Å². The third-order valence-corrected chi connectivity index (χ3v) is 1.51. The number of aliphatic hydroxyl groups is 5. The van der Waals surface area contributed by atoms with E-state index in [2.05, 4.69) is 0 Å². The van der Waals surface area contributed by atoms with Crippen LogP contribution in [0.3, 0.4) is 0 Å². The predicted octanol–water partition coefficient (Wildman–Crippen LogP) is -3.50. The molecule has 6 N–H and O–H groups in total. The monoisotopic (exact) mass is 251 g/mol. The maximum absolute atomic E-state index is 10.1. The molecule has 0 saturated carbocycles. The van der Waals surface area contributed by atoms with Crippen molar-refractivity contribution in [3.05, 3.63) is 0 Å². The van der Waals surface area contributed by atoms with Crippen LogP contribution in [0.1, 0.15) is 0 Å². The molecule has 85 valence electrons. The number of aliphatic hydroxyl groups excluding tert-OH is 5. The number of carboxylic acids is 1. The fourth-order valence-electron chi connectivity index (χ4n) is 0.668. The van der Waals surface area contributed by atoms with Crippen molar-refractivity contribution in [2.75, 3.05) is 6.61 Å². The second-order valence-electron chi connectivity index (χ2n) is 2.51. The van der Waals surface area contributed by atoms with Crippen molar-refractivity contribution >= 4 is 5.97 Å². The van der Waals surface area contributed by atoms with Gasteiger partial charge in [0.25, 0.3) is 0 Å². The smallest absolute Gasteiger partial charge is 0.335 e. The molecule has 0 aromatic heterocycles. The van der Waals surface area contributed by atoms with Gasteiger partial charge in [0.05, 0.1) is 6.61 Å². The maximum Gasteiger partial charge on any atom is 0.335 e. The Hall–Kier alpha value is -0.211. The third-order valence-electron chi connectivity index (χ3n) is 1.51. The fraction of sp³-hybridized carbons (Fsp3) is 0.833. The Bertz CT molecular complexity index is 176. The van der Waals surface area contributed by atoms with Gasteiger partial charge in [0.2, 0.25) is 0 Å². The standard InChI is InChI=1S/C6H12O7.Mn/c7-1-2(8)3(9)4(10)5(11)6(12)13;/h2-5,7-11H,1H2,(H,12,13);/t2-,3-,4+,5-;/m1./s1. The van der Waals surface area contributed by atoms with Gasteiger partial charge in [0.1, 0.15) is 18.3 Å². The van der Waals surface area contributed by atoms with Gasteiger partial charge in [0.15, 0.2) is 6.10 Å². The van der Waals surface area contributed by atoms with Crippen LogP contribution in [0.5, 0.6) is 0 Å². The molecule has 0 fully saturated rings. The minimum absolute atomic E-state index is 0. The van der Waals surface area contributed by atoms with E-state index in [1.165, 1.54) is 0 Å². The van der Waals surface area contributed by atoms with E-state index in [0.717, 1.165) is 0 Å². The van der Waals surface area contributed by atoms with Gasteiger partial charge in [-0.15, -0.1) is 0 Å². The largest absolute Gasteiger partial charge is 0.479 e. The van der Waals surface area contributed by atoms with E-state index >= 15 is 0 Å². The molecule has 0 aromatic rings. The van der Waals surface area contributed by atoms with Gasteiger partial charge in [-0.25, -0.2) is 4.79 Å². The van der Waals surface area contributed by atoms with E-state index < -0.39 is 37.0 Å². The molecule has 0 amide bonds. The van der Waals surface area contributed by atoms with Crippen molar-refractivity contribution < 1.29 is 52.5 Å². The molecule has 0 saturated heterocycles. The second kappa shape index (κ2) is 7.13. The molecule has 14 heavy (non-hydrogen) atoms. The summed E-state index contributed by atoms with van der Waals surface area (Å²) in [5.41, 5.74) is 0. The summed E-state index contributed by atoms with van der Waals surface area (Å²) in [6.07, 6.45) is -7.84. The van der Waals surface area contributed by atoms with Crippen LogP contribution in [-0.4, -0.2) is 67.6 Å². The van der Waals surface area contributed by atoms with Crippen molar-refractivity contribution in [3.8, 4) is 0 Å². The summed E-state index contributed by atoms with van der Waals surface area (Å²) in [5, 5.41) is 51.8. The SMILES string of the molecule is O=C(O)[C@H](O)[C@@H](O)[C@H](O)[C@H](O)CO.[Mn]. The minimum Gasteiger partial charge on any atom is -0.479 e. The van der Waals surface area contributed by atoms with Gasteiger partial charge in [-0.3, -0.25) is 0 Å². The normalized spacial score (nSPS) is 18.9. The average molecular weight is 251 g/mol. The number of hydrogen-bond donors (Lipinski definition) is 6. The molecule has 0 spiro atoms. The number of carboxylic acid groups (broad SMARTS) is 1. The Morgan fingerprint density at radius 1 is 1.07 bits per heavy atom. The van der Waals surface area contributed by atoms with Crippen LogP contribution in [0.15, 0.2) is 0 Å². The topological polar surface area (TPSA) is 138 Å². The summed E-state index contributed by atoms with van der Waals surface area (Å²) in [4.78, 5) is 10.1. The first-order valence-electron chi connectivity index (χ1n) is 3.47. The molecule has 0 aliphatic heterocycles. The molecule has 0 aliphatic carbocycles. The summed E-state index contributed by atoms with van der Waals surface area (Å²) in [6.45, 7) is -0.843. The Labute approximate surface area is 90.1 Å². The summed E-state index contributed by atoms with van der Waals surface area (Å²) in [6, 6.07) is 0. The molecule has 7 nitrogen and oxygen atoms in total. The Kier molecular flexibility index (Phi) is 8.27. The van der Waals surface area contributed by atoms with Gasteiger partial charge in [-0.05, 0) is 0 Å². The number of carbonyl (C=O) groups is 1. The Morgan fingerprint density at radius 3 is 1.79 bits per heavy atom. The predicted molar refractivity (Wildman–Crippen MR) is 38.7 cm³/mol. The molecular weight excluding hydrogens is 239 g/mol. The molecular formula is C6H12MnO7. The van der Waals surface area contributed by atoms with Gasteiger partial charge in [-0.1, -0.05) is 0 Å². The number of rotatable bonds is 5. The quantitative estimate of drug-likeness (QED) is 0.279. The van der Waals surface area contributed by atoms with Crippen LogP contribution in [0.2, 0.25) is 0 Å². The first-order valence-corrected chi connectivity index (χ1v) is 3.47. The van der Waals surface area contributed by atoms with Crippen molar-refractivity contribution in [2.45, 2.75) is 24.4 Å². The van der Waals surface area contributed by atoms with Crippen LogP contribution < -0.4 is 0 Å². The van der Waals surface area contributed by atoms with Crippen molar-refractivity contribution in [1.29, 1.82) is 0 Å².